The van der Waals surface area contributed by atoms with Gasteiger partial charge in [0.1, 0.15) is 34.9 Å². The number of nitrogens with zero attached hydrogens (tertiary/aromatic N) is 3. The van der Waals surface area contributed by atoms with Crippen LogP contribution >= 0.6 is 0 Å². The Bertz CT molecular complexity index is 1040. The van der Waals surface area contributed by atoms with Gasteiger partial charge >= 0.3 is 0 Å². The van der Waals surface area contributed by atoms with Crippen molar-refractivity contribution >= 4 is 10.0 Å². The summed E-state index contributed by atoms with van der Waals surface area (Å²) in [7, 11) is -0.840. The number of benzene rings is 2. The van der Waals surface area contributed by atoms with Crippen molar-refractivity contribution in [2.45, 2.75) is 11.0 Å². The Morgan fingerprint density at radius 3 is 2.28 bits per heavy atom. The van der Waals surface area contributed by atoms with Crippen molar-refractivity contribution < 1.29 is 27.7 Å². The second-order valence-corrected chi connectivity index (χ2v) is 9.23. The molecule has 0 aliphatic carbocycles. The standard InChI is InChI=1S/C22H27N3O6S/c1-29-20-7-8-21(30-2)22(13-20)32(27,28)25-11-9-24(10-12-25)15-18(26)16-31-19-5-3-17(14-23)4-6-19/h3-8,13,18,26H,9-12,15-16H2,1-2H3/t18-/m1/s1. The molecule has 0 bridgehead atoms. The maximum atomic E-state index is 13.2. The van der Waals surface area contributed by atoms with E-state index in [1.54, 1.807) is 36.4 Å². The Balaban J connectivity index is 1.53. The number of aliphatic hydroxyl groups is 1. The number of hydrogen-bond acceptors (Lipinski definition) is 8. The molecular weight excluding hydrogens is 434 g/mol. The lowest BCUT2D eigenvalue weighted by atomic mass is 10.2. The van der Waals surface area contributed by atoms with Crippen LogP contribution in [-0.2, 0) is 10.0 Å². The van der Waals surface area contributed by atoms with E-state index in [1.807, 2.05) is 11.0 Å². The van der Waals surface area contributed by atoms with Gasteiger partial charge in [0.25, 0.3) is 0 Å². The summed E-state index contributed by atoms with van der Waals surface area (Å²) in [5, 5.41) is 19.1. The second kappa shape index (κ2) is 10.7. The summed E-state index contributed by atoms with van der Waals surface area (Å²) in [6.07, 6.45) is -0.729. The topological polar surface area (TPSA) is 112 Å². The second-order valence-electron chi connectivity index (χ2n) is 7.32. The van der Waals surface area contributed by atoms with Gasteiger partial charge in [-0.1, -0.05) is 0 Å². The van der Waals surface area contributed by atoms with Gasteiger partial charge in [0.2, 0.25) is 10.0 Å². The van der Waals surface area contributed by atoms with Crippen LogP contribution in [-0.4, -0.2) is 82.4 Å². The lowest BCUT2D eigenvalue weighted by Gasteiger charge is -2.35. The minimum absolute atomic E-state index is 0.0728. The van der Waals surface area contributed by atoms with E-state index < -0.39 is 16.1 Å². The van der Waals surface area contributed by atoms with Gasteiger partial charge in [0.05, 0.1) is 25.9 Å². The zero-order valence-corrected chi connectivity index (χ0v) is 18.9. The molecule has 0 unspecified atom stereocenters. The van der Waals surface area contributed by atoms with Crippen molar-refractivity contribution in [1.82, 2.24) is 9.21 Å². The van der Waals surface area contributed by atoms with Gasteiger partial charge in [-0.25, -0.2) is 8.42 Å². The normalized spacial score (nSPS) is 16.2. The monoisotopic (exact) mass is 461 g/mol. The molecule has 1 atom stereocenters. The predicted octanol–water partition coefficient (Wildman–Crippen LogP) is 1.32. The first-order chi connectivity index (χ1) is 15.4. The highest BCUT2D eigenvalue weighted by molar-refractivity contribution is 7.89. The molecule has 0 radical (unpaired) electrons. The van der Waals surface area contributed by atoms with Gasteiger partial charge in [-0.2, -0.15) is 9.57 Å². The SMILES string of the molecule is COc1ccc(OC)c(S(=O)(=O)N2CCN(C[C@@H](O)COc3ccc(C#N)cc3)CC2)c1. The van der Waals surface area contributed by atoms with E-state index in [9.17, 15) is 13.5 Å². The molecule has 0 amide bonds. The van der Waals surface area contributed by atoms with Crippen LogP contribution in [0.2, 0.25) is 0 Å². The predicted molar refractivity (Wildman–Crippen MR) is 117 cm³/mol. The van der Waals surface area contributed by atoms with E-state index in [0.29, 0.717) is 49.8 Å². The summed E-state index contributed by atoms with van der Waals surface area (Å²) < 4.78 is 43.7. The molecule has 1 heterocycles. The van der Waals surface area contributed by atoms with E-state index in [1.165, 1.54) is 24.6 Å². The number of β-amino-alcohol motifs (C(OH)–C–C–N with tert-alkyl or cyclic N) is 1. The molecule has 0 saturated carbocycles. The third-order valence-corrected chi connectivity index (χ3v) is 7.13. The first kappa shape index (κ1) is 23.8. The van der Waals surface area contributed by atoms with Crippen LogP contribution < -0.4 is 14.2 Å². The van der Waals surface area contributed by atoms with Gasteiger partial charge in [-0.05, 0) is 36.4 Å². The number of nitriles is 1. The molecular formula is C22H27N3O6S. The smallest absolute Gasteiger partial charge is 0.246 e. The molecule has 9 nitrogen and oxygen atoms in total. The van der Waals surface area contributed by atoms with E-state index in [4.69, 9.17) is 19.5 Å². The third kappa shape index (κ3) is 5.69. The minimum Gasteiger partial charge on any atom is -0.497 e. The molecule has 32 heavy (non-hydrogen) atoms. The summed E-state index contributed by atoms with van der Waals surface area (Å²) in [6.45, 7) is 2.04. The fraction of sp³-hybridized carbons (Fsp3) is 0.409. The largest absolute Gasteiger partial charge is 0.497 e. The van der Waals surface area contributed by atoms with Crippen molar-refractivity contribution in [3.63, 3.8) is 0 Å². The molecule has 0 spiro atoms. The Hall–Kier alpha value is -2.84. The first-order valence-corrected chi connectivity index (χ1v) is 11.6. The van der Waals surface area contributed by atoms with Gasteiger partial charge in [0.15, 0.2) is 0 Å². The van der Waals surface area contributed by atoms with Crippen LogP contribution in [0.4, 0.5) is 0 Å². The highest BCUT2D eigenvalue weighted by Gasteiger charge is 2.31. The fourth-order valence-corrected chi connectivity index (χ4v) is 5.04. The number of sulfonamides is 1. The summed E-state index contributed by atoms with van der Waals surface area (Å²) in [6, 6.07) is 13.4. The Morgan fingerprint density at radius 2 is 1.69 bits per heavy atom. The quantitative estimate of drug-likeness (QED) is 0.595. The minimum atomic E-state index is -3.75. The van der Waals surface area contributed by atoms with E-state index >= 15 is 0 Å². The van der Waals surface area contributed by atoms with Crippen LogP contribution in [0, 0.1) is 11.3 Å². The van der Waals surface area contributed by atoms with Crippen LogP contribution in [0.15, 0.2) is 47.4 Å². The van der Waals surface area contributed by atoms with Gasteiger partial charge in [-0.15, -0.1) is 0 Å². The van der Waals surface area contributed by atoms with Gasteiger partial charge in [0, 0.05) is 38.8 Å². The number of ether oxygens (including phenoxy) is 3. The van der Waals surface area contributed by atoms with E-state index in [0.717, 1.165) is 0 Å². The number of methoxy groups -OCH3 is 2. The molecule has 172 valence electrons. The van der Waals surface area contributed by atoms with Crippen molar-refractivity contribution in [2.75, 3.05) is 53.6 Å². The third-order valence-electron chi connectivity index (χ3n) is 5.21. The van der Waals surface area contributed by atoms with Crippen molar-refractivity contribution in [1.29, 1.82) is 5.26 Å². The Labute approximate surface area is 188 Å². The molecule has 1 aliphatic rings. The van der Waals surface area contributed by atoms with Crippen molar-refractivity contribution in [2.24, 2.45) is 0 Å². The molecule has 1 N–H and O–H groups in total. The molecule has 1 aliphatic heterocycles. The van der Waals surface area contributed by atoms with Gasteiger partial charge in [-0.3, -0.25) is 4.90 Å². The Morgan fingerprint density at radius 1 is 1.03 bits per heavy atom. The highest BCUT2D eigenvalue weighted by atomic mass is 32.2. The maximum absolute atomic E-state index is 13.2. The lowest BCUT2D eigenvalue weighted by molar-refractivity contribution is 0.0569. The maximum Gasteiger partial charge on any atom is 0.246 e. The van der Waals surface area contributed by atoms with E-state index in [2.05, 4.69) is 0 Å². The van der Waals surface area contributed by atoms with Crippen LogP contribution in [0.3, 0.4) is 0 Å². The van der Waals surface area contributed by atoms with Gasteiger partial charge < -0.3 is 19.3 Å². The number of aliphatic hydroxyl groups excluding tert-OH is 1. The summed E-state index contributed by atoms with van der Waals surface area (Å²) in [4.78, 5) is 2.07. The summed E-state index contributed by atoms with van der Waals surface area (Å²) in [5.41, 5.74) is 0.539. The zero-order valence-electron chi connectivity index (χ0n) is 18.1. The number of rotatable bonds is 9. The average Bonchev–Trinajstić information content (AvgIpc) is 2.83. The first-order valence-electron chi connectivity index (χ1n) is 10.1. The molecule has 2 aromatic rings. The van der Waals surface area contributed by atoms with Crippen LogP contribution in [0.1, 0.15) is 5.56 Å². The summed E-state index contributed by atoms with van der Waals surface area (Å²) >= 11 is 0. The molecule has 3 rings (SSSR count). The highest BCUT2D eigenvalue weighted by Crippen LogP contribution is 2.31. The van der Waals surface area contributed by atoms with Crippen LogP contribution in [0.5, 0.6) is 17.2 Å². The number of hydrogen-bond donors (Lipinski definition) is 1. The van der Waals surface area contributed by atoms with E-state index in [-0.39, 0.29) is 17.3 Å². The summed E-state index contributed by atoms with van der Waals surface area (Å²) in [5.74, 6) is 1.28. The zero-order chi connectivity index (χ0) is 23.1. The lowest BCUT2D eigenvalue weighted by Crippen LogP contribution is -2.50. The Kier molecular flexibility index (Phi) is 7.93. The van der Waals surface area contributed by atoms with Crippen molar-refractivity contribution in [3.8, 4) is 23.3 Å². The van der Waals surface area contributed by atoms with Crippen molar-refractivity contribution in [3.05, 3.63) is 48.0 Å². The average molecular weight is 462 g/mol. The van der Waals surface area contributed by atoms with Crippen LogP contribution in [0.25, 0.3) is 0 Å². The molecule has 2 aromatic carbocycles. The number of piperazine rings is 1. The molecule has 1 fully saturated rings. The fourth-order valence-electron chi connectivity index (χ4n) is 3.45. The molecule has 1 saturated heterocycles. The molecule has 10 heteroatoms. The molecule has 0 aromatic heterocycles.